The first kappa shape index (κ1) is 19.1. The van der Waals surface area contributed by atoms with E-state index >= 15 is 0 Å². The van der Waals surface area contributed by atoms with Crippen molar-refractivity contribution in [3.8, 4) is 10.6 Å². The van der Waals surface area contributed by atoms with Gasteiger partial charge in [0.1, 0.15) is 5.01 Å². The van der Waals surface area contributed by atoms with Gasteiger partial charge in [-0.05, 0) is 51.6 Å². The van der Waals surface area contributed by atoms with Crippen LogP contribution in [0, 0.1) is 18.8 Å². The normalized spacial score (nSPS) is 17.7. The van der Waals surface area contributed by atoms with Gasteiger partial charge in [0.25, 0.3) is 0 Å². The van der Waals surface area contributed by atoms with Gasteiger partial charge >= 0.3 is 0 Å². The summed E-state index contributed by atoms with van der Waals surface area (Å²) in [6.07, 6.45) is 2.97. The number of nitrogens with one attached hydrogen (secondary N) is 2. The Kier molecular flexibility index (Phi) is 6.43. The number of amides is 1. The Morgan fingerprint density at radius 2 is 1.96 bits per heavy atom. The predicted molar refractivity (Wildman–Crippen MR) is 108 cm³/mol. The number of aromatic nitrogens is 1. The lowest BCUT2D eigenvalue weighted by Crippen LogP contribution is -2.34. The van der Waals surface area contributed by atoms with Crippen LogP contribution in [0.25, 0.3) is 10.6 Å². The Bertz CT molecular complexity index is 722. The van der Waals surface area contributed by atoms with E-state index in [1.165, 1.54) is 12.8 Å². The van der Waals surface area contributed by atoms with Gasteiger partial charge in [-0.15, -0.1) is 11.3 Å². The van der Waals surface area contributed by atoms with E-state index in [1.807, 2.05) is 25.1 Å². The molecule has 5 heteroatoms. The number of nitrogens with zero attached hydrogens (tertiary/aromatic N) is 1. The number of benzene rings is 1. The molecule has 3 rings (SSSR count). The van der Waals surface area contributed by atoms with Crippen LogP contribution in [0.3, 0.4) is 0 Å². The van der Waals surface area contributed by atoms with Crippen LogP contribution >= 0.6 is 11.3 Å². The number of aryl methyl sites for hydroxylation is 1. The monoisotopic (exact) mass is 371 g/mol. The molecule has 1 amide bonds. The summed E-state index contributed by atoms with van der Waals surface area (Å²) in [4.78, 5) is 18.4. The lowest BCUT2D eigenvalue weighted by Gasteiger charge is -2.28. The summed E-state index contributed by atoms with van der Waals surface area (Å²) in [5.74, 6) is 1.25. The Morgan fingerprint density at radius 3 is 2.65 bits per heavy atom. The number of hydrogen-bond donors (Lipinski definition) is 2. The number of thiazole rings is 1. The zero-order valence-electron chi connectivity index (χ0n) is 15.9. The van der Waals surface area contributed by atoms with Crippen molar-refractivity contribution in [3.05, 3.63) is 40.9 Å². The molecule has 1 aliphatic heterocycles. The molecule has 26 heavy (non-hydrogen) atoms. The fourth-order valence-corrected chi connectivity index (χ4v) is 4.83. The highest BCUT2D eigenvalue weighted by Gasteiger charge is 2.23. The fraction of sp³-hybridized carbons (Fsp3) is 0.524. The SMILES string of the molecule is Cc1nc(-c2ccccc2)sc1[C@@H](C)NC(=O)C[C@H](C)C1CCNCC1. The third-order valence-corrected chi connectivity index (χ3v) is 6.71. The summed E-state index contributed by atoms with van der Waals surface area (Å²) >= 11 is 1.68. The lowest BCUT2D eigenvalue weighted by atomic mass is 9.84. The van der Waals surface area contributed by atoms with E-state index in [0.717, 1.165) is 34.2 Å². The van der Waals surface area contributed by atoms with Crippen molar-refractivity contribution in [1.29, 1.82) is 0 Å². The molecule has 2 aromatic rings. The minimum Gasteiger partial charge on any atom is -0.349 e. The Hall–Kier alpha value is -1.72. The van der Waals surface area contributed by atoms with Crippen LogP contribution in [0.1, 0.15) is 49.7 Å². The van der Waals surface area contributed by atoms with Crippen molar-refractivity contribution < 1.29 is 4.79 Å². The molecular formula is C21H29N3OS. The number of carbonyl (C=O) groups excluding carboxylic acids is 1. The van der Waals surface area contributed by atoms with Crippen LogP contribution in [0.15, 0.2) is 30.3 Å². The zero-order chi connectivity index (χ0) is 18.5. The van der Waals surface area contributed by atoms with Crippen molar-refractivity contribution in [2.45, 2.75) is 46.1 Å². The molecular weight excluding hydrogens is 342 g/mol. The number of carbonyl (C=O) groups is 1. The molecule has 0 bridgehead atoms. The standard InChI is InChI=1S/C21H29N3OS/c1-14(17-9-11-22-12-10-17)13-19(25)23-15(2)20-16(3)24-21(26-20)18-7-5-4-6-8-18/h4-8,14-15,17,22H,9-13H2,1-3H3,(H,23,25)/t14-,15+/m0/s1. The first-order valence-electron chi connectivity index (χ1n) is 9.57. The maximum absolute atomic E-state index is 12.5. The Balaban J connectivity index is 1.60. The molecule has 1 fully saturated rings. The minimum absolute atomic E-state index is 0.00214. The van der Waals surface area contributed by atoms with E-state index in [4.69, 9.17) is 4.98 Å². The number of rotatable bonds is 6. The van der Waals surface area contributed by atoms with Crippen molar-refractivity contribution >= 4 is 17.2 Å². The molecule has 0 unspecified atom stereocenters. The maximum Gasteiger partial charge on any atom is 0.220 e. The third-order valence-electron chi connectivity index (χ3n) is 5.32. The van der Waals surface area contributed by atoms with Crippen LogP contribution in [0.2, 0.25) is 0 Å². The van der Waals surface area contributed by atoms with E-state index in [0.29, 0.717) is 18.3 Å². The molecule has 2 N–H and O–H groups in total. The molecule has 1 aliphatic rings. The van der Waals surface area contributed by atoms with Gasteiger partial charge in [-0.25, -0.2) is 4.98 Å². The predicted octanol–water partition coefficient (Wildman–Crippen LogP) is 4.32. The van der Waals surface area contributed by atoms with E-state index in [-0.39, 0.29) is 11.9 Å². The molecule has 1 saturated heterocycles. The van der Waals surface area contributed by atoms with Crippen LogP contribution in [-0.2, 0) is 4.79 Å². The second kappa shape index (κ2) is 8.78. The van der Waals surface area contributed by atoms with E-state index < -0.39 is 0 Å². The molecule has 0 saturated carbocycles. The molecule has 140 valence electrons. The summed E-state index contributed by atoms with van der Waals surface area (Å²) in [7, 11) is 0. The van der Waals surface area contributed by atoms with E-state index in [9.17, 15) is 4.79 Å². The van der Waals surface area contributed by atoms with Crippen molar-refractivity contribution in [2.24, 2.45) is 11.8 Å². The second-order valence-corrected chi connectivity index (χ2v) is 8.42. The van der Waals surface area contributed by atoms with Crippen LogP contribution in [0.5, 0.6) is 0 Å². The highest BCUT2D eigenvalue weighted by molar-refractivity contribution is 7.15. The van der Waals surface area contributed by atoms with Crippen LogP contribution in [0.4, 0.5) is 0 Å². The number of piperidine rings is 1. The van der Waals surface area contributed by atoms with E-state index in [1.54, 1.807) is 11.3 Å². The molecule has 0 radical (unpaired) electrons. The minimum atomic E-state index is -0.00214. The molecule has 1 aromatic carbocycles. The molecule has 1 aromatic heterocycles. The smallest absolute Gasteiger partial charge is 0.220 e. The van der Waals surface area contributed by atoms with Gasteiger partial charge in [-0.1, -0.05) is 37.3 Å². The second-order valence-electron chi connectivity index (χ2n) is 7.39. The largest absolute Gasteiger partial charge is 0.349 e. The molecule has 4 nitrogen and oxygen atoms in total. The average molecular weight is 372 g/mol. The quantitative estimate of drug-likeness (QED) is 0.795. The van der Waals surface area contributed by atoms with Crippen LogP contribution in [-0.4, -0.2) is 24.0 Å². The van der Waals surface area contributed by atoms with E-state index in [2.05, 4.69) is 36.6 Å². The zero-order valence-corrected chi connectivity index (χ0v) is 16.7. The van der Waals surface area contributed by atoms with Gasteiger partial charge < -0.3 is 10.6 Å². The first-order chi connectivity index (χ1) is 12.5. The Morgan fingerprint density at radius 1 is 1.27 bits per heavy atom. The summed E-state index contributed by atoms with van der Waals surface area (Å²) < 4.78 is 0. The van der Waals surface area contributed by atoms with Crippen molar-refractivity contribution in [3.63, 3.8) is 0 Å². The first-order valence-corrected chi connectivity index (χ1v) is 10.4. The summed E-state index contributed by atoms with van der Waals surface area (Å²) in [6, 6.07) is 10.2. The van der Waals surface area contributed by atoms with Gasteiger partial charge in [0.05, 0.1) is 16.6 Å². The maximum atomic E-state index is 12.5. The molecule has 2 heterocycles. The third kappa shape index (κ3) is 4.71. The molecule has 0 spiro atoms. The molecule has 2 atom stereocenters. The highest BCUT2D eigenvalue weighted by Crippen LogP contribution is 2.32. The lowest BCUT2D eigenvalue weighted by molar-refractivity contribution is -0.123. The van der Waals surface area contributed by atoms with Gasteiger partial charge in [-0.3, -0.25) is 4.79 Å². The highest BCUT2D eigenvalue weighted by atomic mass is 32.1. The number of hydrogen-bond acceptors (Lipinski definition) is 4. The van der Waals surface area contributed by atoms with Gasteiger partial charge in [-0.2, -0.15) is 0 Å². The molecule has 0 aliphatic carbocycles. The van der Waals surface area contributed by atoms with Crippen molar-refractivity contribution in [1.82, 2.24) is 15.6 Å². The summed E-state index contributed by atoms with van der Waals surface area (Å²) in [5.41, 5.74) is 2.14. The van der Waals surface area contributed by atoms with Gasteiger partial charge in [0, 0.05) is 12.0 Å². The Labute approximate surface area is 160 Å². The van der Waals surface area contributed by atoms with Gasteiger partial charge in [0.2, 0.25) is 5.91 Å². The topological polar surface area (TPSA) is 54.0 Å². The van der Waals surface area contributed by atoms with Gasteiger partial charge in [0.15, 0.2) is 0 Å². The average Bonchev–Trinajstić information content (AvgIpc) is 3.05. The fourth-order valence-electron chi connectivity index (χ4n) is 3.75. The van der Waals surface area contributed by atoms with Crippen molar-refractivity contribution in [2.75, 3.05) is 13.1 Å². The summed E-state index contributed by atoms with van der Waals surface area (Å²) in [6.45, 7) is 8.46. The summed E-state index contributed by atoms with van der Waals surface area (Å²) in [5, 5.41) is 7.60. The van der Waals surface area contributed by atoms with Crippen LogP contribution < -0.4 is 10.6 Å².